The Morgan fingerprint density at radius 1 is 0.688 bits per heavy atom. The highest BCUT2D eigenvalue weighted by atomic mass is 16.5. The first-order chi connectivity index (χ1) is 15.1. The number of hydrogen-bond acceptors (Lipinski definition) is 5. The highest BCUT2D eigenvalue weighted by molar-refractivity contribution is 6.12. The lowest BCUT2D eigenvalue weighted by Gasteiger charge is -2.21. The Labute approximate surface area is 189 Å². The maximum absolute atomic E-state index is 6.04. The highest BCUT2D eigenvalue weighted by Gasteiger charge is 2.33. The Balaban J connectivity index is 1.65. The van der Waals surface area contributed by atoms with Gasteiger partial charge in [0, 0.05) is 10.8 Å². The van der Waals surface area contributed by atoms with Crippen LogP contribution in [0.2, 0.25) is 0 Å². The fourth-order valence-corrected chi connectivity index (χ4v) is 4.16. The molecule has 3 heterocycles. The number of pyridine rings is 1. The molecule has 2 aromatic carbocycles. The molecule has 32 heavy (non-hydrogen) atoms. The van der Waals surface area contributed by atoms with Crippen molar-refractivity contribution in [2.45, 2.75) is 53.6 Å². The summed E-state index contributed by atoms with van der Waals surface area (Å²) >= 11 is 0. The van der Waals surface area contributed by atoms with Crippen molar-refractivity contribution in [3.63, 3.8) is 0 Å². The van der Waals surface area contributed by atoms with Crippen LogP contribution in [0.5, 0.6) is 0 Å². The number of para-hydroxylation sites is 2. The molecule has 3 aromatic rings. The Kier molecular flexibility index (Phi) is 4.77. The lowest BCUT2D eigenvalue weighted by molar-refractivity contribution is 0.235. The van der Waals surface area contributed by atoms with Gasteiger partial charge in [-0.15, -0.1) is 0 Å². The average molecular weight is 430 g/mol. The minimum atomic E-state index is 0.0567. The fourth-order valence-electron chi connectivity index (χ4n) is 4.16. The molecule has 2 aliphatic rings. The summed E-state index contributed by atoms with van der Waals surface area (Å²) in [6, 6.07) is 14.8. The first kappa shape index (κ1) is 20.9. The molecule has 0 saturated carbocycles. The van der Waals surface area contributed by atoms with E-state index in [4.69, 9.17) is 24.4 Å². The summed E-state index contributed by atoms with van der Waals surface area (Å²) in [7, 11) is 0. The van der Waals surface area contributed by atoms with Gasteiger partial charge in [0.25, 0.3) is 0 Å². The molecule has 166 valence electrons. The van der Waals surface area contributed by atoms with Crippen molar-refractivity contribution in [3.05, 3.63) is 53.6 Å². The summed E-state index contributed by atoms with van der Waals surface area (Å²) in [5.41, 5.74) is 3.78. The average Bonchev–Trinajstić information content (AvgIpc) is 3.41. The summed E-state index contributed by atoms with van der Waals surface area (Å²) in [6.45, 7) is 14.4. The van der Waals surface area contributed by atoms with Gasteiger partial charge in [-0.1, -0.05) is 65.8 Å². The molecule has 0 unspecified atom stereocenters. The second kappa shape index (κ2) is 7.29. The van der Waals surface area contributed by atoms with Crippen molar-refractivity contribution < 1.29 is 9.47 Å². The van der Waals surface area contributed by atoms with E-state index in [1.165, 1.54) is 0 Å². The van der Waals surface area contributed by atoms with Crippen LogP contribution in [-0.2, 0) is 9.47 Å². The van der Waals surface area contributed by atoms with E-state index in [1.54, 1.807) is 0 Å². The third-order valence-electron chi connectivity index (χ3n) is 6.43. The van der Waals surface area contributed by atoms with Gasteiger partial charge in [-0.3, -0.25) is 0 Å². The molecule has 0 saturated heterocycles. The Hall–Kier alpha value is -2.95. The molecule has 5 rings (SSSR count). The molecule has 0 spiro atoms. The zero-order valence-corrected chi connectivity index (χ0v) is 19.8. The van der Waals surface area contributed by atoms with E-state index in [1.807, 2.05) is 24.3 Å². The molecule has 0 radical (unpaired) electrons. The maximum Gasteiger partial charge on any atom is 0.218 e. The SMILES string of the molecule is CC(C)(C)[C@H]1COC(c2cccc3cc4cccc(C5=N[C@@H](C(C)(C)C)CO5)c4nc23)=N1. The van der Waals surface area contributed by atoms with Gasteiger partial charge in [0.1, 0.15) is 13.2 Å². The van der Waals surface area contributed by atoms with Gasteiger partial charge < -0.3 is 9.47 Å². The van der Waals surface area contributed by atoms with Gasteiger partial charge in [-0.05, 0) is 29.0 Å². The van der Waals surface area contributed by atoms with E-state index in [2.05, 4.69) is 59.7 Å². The number of fused-ring (bicyclic) bond motifs is 2. The van der Waals surface area contributed by atoms with Crippen molar-refractivity contribution in [2.24, 2.45) is 20.8 Å². The zero-order valence-electron chi connectivity index (χ0n) is 19.8. The predicted octanol–water partition coefficient (Wildman–Crippen LogP) is 5.77. The third kappa shape index (κ3) is 3.64. The molecule has 1 aromatic heterocycles. The number of ether oxygens (including phenoxy) is 2. The first-order valence-corrected chi connectivity index (χ1v) is 11.4. The molecule has 0 fully saturated rings. The second-order valence-electron chi connectivity index (χ2n) is 11.0. The van der Waals surface area contributed by atoms with Crippen molar-refractivity contribution in [1.29, 1.82) is 0 Å². The van der Waals surface area contributed by atoms with E-state index in [9.17, 15) is 0 Å². The topological polar surface area (TPSA) is 56.1 Å². The molecule has 0 N–H and O–H groups in total. The normalized spacial score (nSPS) is 21.4. The second-order valence-corrected chi connectivity index (χ2v) is 11.0. The minimum Gasteiger partial charge on any atom is -0.475 e. The lowest BCUT2D eigenvalue weighted by atomic mass is 9.88. The predicted molar refractivity (Wildman–Crippen MR) is 131 cm³/mol. The monoisotopic (exact) mass is 429 g/mol. The van der Waals surface area contributed by atoms with E-state index in [0.29, 0.717) is 25.0 Å². The molecular formula is C27H31N3O2. The van der Waals surface area contributed by atoms with Gasteiger partial charge in [-0.25, -0.2) is 15.0 Å². The van der Waals surface area contributed by atoms with Crippen LogP contribution in [-0.4, -0.2) is 42.1 Å². The largest absolute Gasteiger partial charge is 0.475 e. The van der Waals surface area contributed by atoms with Crippen LogP contribution in [0, 0.1) is 10.8 Å². The Bertz CT molecular complexity index is 1170. The van der Waals surface area contributed by atoms with E-state index in [0.717, 1.165) is 32.9 Å². The van der Waals surface area contributed by atoms with Gasteiger partial charge in [0.15, 0.2) is 0 Å². The Morgan fingerprint density at radius 2 is 1.12 bits per heavy atom. The van der Waals surface area contributed by atoms with Gasteiger partial charge >= 0.3 is 0 Å². The minimum absolute atomic E-state index is 0.0567. The van der Waals surface area contributed by atoms with Crippen molar-refractivity contribution >= 4 is 33.6 Å². The molecule has 5 nitrogen and oxygen atoms in total. The van der Waals surface area contributed by atoms with Crippen molar-refractivity contribution in [2.75, 3.05) is 13.2 Å². The highest BCUT2D eigenvalue weighted by Crippen LogP contribution is 2.32. The molecule has 2 atom stereocenters. The van der Waals surface area contributed by atoms with Gasteiger partial charge in [0.2, 0.25) is 11.8 Å². The number of aliphatic imine (C=N–C) groups is 2. The molecule has 0 aliphatic carbocycles. The molecule has 5 heteroatoms. The summed E-state index contributed by atoms with van der Waals surface area (Å²) in [6.07, 6.45) is 0. The number of aromatic nitrogens is 1. The smallest absolute Gasteiger partial charge is 0.218 e. The lowest BCUT2D eigenvalue weighted by Crippen LogP contribution is -2.25. The van der Waals surface area contributed by atoms with E-state index >= 15 is 0 Å². The number of benzene rings is 2. The molecule has 0 amide bonds. The van der Waals surface area contributed by atoms with Crippen LogP contribution in [0.3, 0.4) is 0 Å². The van der Waals surface area contributed by atoms with E-state index < -0.39 is 0 Å². The van der Waals surface area contributed by atoms with Gasteiger partial charge in [-0.2, -0.15) is 0 Å². The van der Waals surface area contributed by atoms with Crippen molar-refractivity contribution in [3.8, 4) is 0 Å². The summed E-state index contributed by atoms with van der Waals surface area (Å²) in [5.74, 6) is 1.37. The quantitative estimate of drug-likeness (QED) is 0.486. The van der Waals surface area contributed by atoms with Gasteiger partial charge in [0.05, 0.1) is 34.2 Å². The molecular weight excluding hydrogens is 398 g/mol. The zero-order chi connectivity index (χ0) is 22.7. The summed E-state index contributed by atoms with van der Waals surface area (Å²) in [5, 5.41) is 2.14. The van der Waals surface area contributed by atoms with Crippen LogP contribution >= 0.6 is 0 Å². The van der Waals surface area contributed by atoms with Crippen LogP contribution in [0.15, 0.2) is 52.4 Å². The maximum atomic E-state index is 6.04. The number of rotatable bonds is 2. The number of hydrogen-bond donors (Lipinski definition) is 0. The summed E-state index contributed by atoms with van der Waals surface area (Å²) in [4.78, 5) is 14.9. The molecule has 2 aliphatic heterocycles. The van der Waals surface area contributed by atoms with Crippen LogP contribution in [0.1, 0.15) is 52.7 Å². The molecule has 0 bridgehead atoms. The first-order valence-electron chi connectivity index (χ1n) is 11.4. The third-order valence-corrected chi connectivity index (χ3v) is 6.43. The number of nitrogens with zero attached hydrogens (tertiary/aromatic N) is 3. The van der Waals surface area contributed by atoms with Crippen LogP contribution in [0.25, 0.3) is 21.8 Å². The van der Waals surface area contributed by atoms with E-state index in [-0.39, 0.29) is 22.9 Å². The standard InChI is InChI=1S/C27H31N3O2/c1-26(2,3)20-14-31-24(28-20)18-11-7-9-16-13-17-10-8-12-19(23(17)30-22(16)18)25-29-21(15-32-25)27(4,5)6/h7-13,20-21H,14-15H2,1-6H3/t20-,21-/m1/s1. The summed E-state index contributed by atoms with van der Waals surface area (Å²) < 4.78 is 12.1. The van der Waals surface area contributed by atoms with Crippen molar-refractivity contribution in [1.82, 2.24) is 4.98 Å². The van der Waals surface area contributed by atoms with Crippen LogP contribution in [0.4, 0.5) is 0 Å². The Morgan fingerprint density at radius 3 is 1.50 bits per heavy atom. The fraction of sp³-hybridized carbons (Fsp3) is 0.444. The van der Waals surface area contributed by atoms with Crippen LogP contribution < -0.4 is 0 Å².